The van der Waals surface area contributed by atoms with Gasteiger partial charge in [0.05, 0.1) is 12.1 Å². The van der Waals surface area contributed by atoms with E-state index in [-0.39, 0.29) is 18.2 Å². The molecule has 2 heterocycles. The summed E-state index contributed by atoms with van der Waals surface area (Å²) in [5.41, 5.74) is 0. The van der Waals surface area contributed by atoms with E-state index < -0.39 is 0 Å². The SMILES string of the molecule is CC[C@H](NC(=O)N1CC[C@H](C)[C@@H](OC)C1)c1cccs1. The first kappa shape index (κ1) is 15.3. The second kappa shape index (κ2) is 7.09. The Kier molecular flexibility index (Phi) is 5.43. The minimum atomic E-state index is 0.0270. The summed E-state index contributed by atoms with van der Waals surface area (Å²) in [6.07, 6.45) is 2.06. The summed E-state index contributed by atoms with van der Waals surface area (Å²) in [6, 6.07) is 4.25. The zero-order valence-electron chi connectivity index (χ0n) is 12.5. The van der Waals surface area contributed by atoms with Crippen molar-refractivity contribution in [1.82, 2.24) is 10.2 Å². The van der Waals surface area contributed by atoms with Crippen molar-refractivity contribution in [2.45, 2.75) is 38.8 Å². The number of carbonyl (C=O) groups is 1. The molecule has 2 amide bonds. The molecule has 0 radical (unpaired) electrons. The fraction of sp³-hybridized carbons (Fsp3) is 0.667. The molecule has 1 aromatic rings. The second-order valence-corrected chi connectivity index (χ2v) is 6.39. The number of hydrogen-bond acceptors (Lipinski definition) is 3. The lowest BCUT2D eigenvalue weighted by Crippen LogP contribution is -2.50. The molecule has 20 heavy (non-hydrogen) atoms. The van der Waals surface area contributed by atoms with Crippen LogP contribution in [0.4, 0.5) is 4.79 Å². The fourth-order valence-electron chi connectivity index (χ4n) is 2.63. The van der Waals surface area contributed by atoms with Crippen LogP contribution in [0.3, 0.4) is 0 Å². The Labute approximate surface area is 125 Å². The predicted octanol–water partition coefficient (Wildman–Crippen LogP) is 3.27. The number of ether oxygens (including phenoxy) is 1. The number of hydrogen-bond donors (Lipinski definition) is 1. The van der Waals surface area contributed by atoms with Gasteiger partial charge in [-0.1, -0.05) is 19.9 Å². The summed E-state index contributed by atoms with van der Waals surface area (Å²) in [5.74, 6) is 0.517. The molecule has 1 aliphatic heterocycles. The molecular weight excluding hydrogens is 272 g/mol. The van der Waals surface area contributed by atoms with Crippen molar-refractivity contribution in [3.8, 4) is 0 Å². The third-order valence-electron chi connectivity index (χ3n) is 4.07. The average molecular weight is 296 g/mol. The van der Waals surface area contributed by atoms with E-state index in [2.05, 4.69) is 25.2 Å². The first-order chi connectivity index (χ1) is 9.65. The summed E-state index contributed by atoms with van der Waals surface area (Å²) >= 11 is 1.69. The Morgan fingerprint density at radius 3 is 3.05 bits per heavy atom. The molecule has 1 aliphatic rings. The normalized spacial score (nSPS) is 24.4. The summed E-state index contributed by atoms with van der Waals surface area (Å²) < 4.78 is 5.47. The molecule has 1 aromatic heterocycles. The van der Waals surface area contributed by atoms with Crippen LogP contribution in [-0.4, -0.2) is 37.2 Å². The number of amides is 2. The monoisotopic (exact) mass is 296 g/mol. The van der Waals surface area contributed by atoms with Gasteiger partial charge >= 0.3 is 6.03 Å². The van der Waals surface area contributed by atoms with Gasteiger partial charge in [-0.2, -0.15) is 0 Å². The Hall–Kier alpha value is -1.07. The van der Waals surface area contributed by atoms with Crippen LogP contribution >= 0.6 is 11.3 Å². The number of piperidine rings is 1. The van der Waals surface area contributed by atoms with Crippen molar-refractivity contribution in [3.63, 3.8) is 0 Å². The number of methoxy groups -OCH3 is 1. The van der Waals surface area contributed by atoms with Crippen molar-refractivity contribution in [2.24, 2.45) is 5.92 Å². The van der Waals surface area contributed by atoms with Gasteiger partial charge in [-0.15, -0.1) is 11.3 Å². The molecule has 0 saturated carbocycles. The van der Waals surface area contributed by atoms with Crippen LogP contribution in [0.25, 0.3) is 0 Å². The molecule has 5 heteroatoms. The molecule has 3 atom stereocenters. The highest BCUT2D eigenvalue weighted by atomic mass is 32.1. The highest BCUT2D eigenvalue weighted by Gasteiger charge is 2.29. The van der Waals surface area contributed by atoms with E-state index in [1.54, 1.807) is 18.4 Å². The first-order valence-electron chi connectivity index (χ1n) is 7.27. The van der Waals surface area contributed by atoms with Crippen LogP contribution in [0.1, 0.15) is 37.6 Å². The quantitative estimate of drug-likeness (QED) is 0.926. The zero-order valence-corrected chi connectivity index (χ0v) is 13.3. The fourth-order valence-corrected chi connectivity index (χ4v) is 3.49. The first-order valence-corrected chi connectivity index (χ1v) is 8.15. The number of rotatable bonds is 4. The molecule has 0 unspecified atom stereocenters. The largest absolute Gasteiger partial charge is 0.379 e. The molecule has 0 spiro atoms. The van der Waals surface area contributed by atoms with Gasteiger partial charge in [-0.25, -0.2) is 4.79 Å². The minimum absolute atomic E-state index is 0.0270. The van der Waals surface area contributed by atoms with Gasteiger partial charge in [0, 0.05) is 25.1 Å². The van der Waals surface area contributed by atoms with Crippen LogP contribution in [0.2, 0.25) is 0 Å². The number of likely N-dealkylation sites (tertiary alicyclic amines) is 1. The molecule has 1 saturated heterocycles. The van der Waals surface area contributed by atoms with Gasteiger partial charge in [0.15, 0.2) is 0 Å². The maximum Gasteiger partial charge on any atom is 0.317 e. The maximum absolute atomic E-state index is 12.4. The Morgan fingerprint density at radius 2 is 2.45 bits per heavy atom. The average Bonchev–Trinajstić information content (AvgIpc) is 2.99. The van der Waals surface area contributed by atoms with Crippen LogP contribution in [0, 0.1) is 5.92 Å². The molecule has 0 aliphatic carbocycles. The van der Waals surface area contributed by atoms with E-state index in [0.717, 1.165) is 19.4 Å². The molecule has 0 bridgehead atoms. The number of thiophene rings is 1. The minimum Gasteiger partial charge on any atom is -0.379 e. The maximum atomic E-state index is 12.4. The number of carbonyl (C=O) groups excluding carboxylic acids is 1. The lowest BCUT2D eigenvalue weighted by molar-refractivity contribution is 0.00682. The molecule has 1 N–H and O–H groups in total. The molecule has 112 valence electrons. The summed E-state index contributed by atoms with van der Waals surface area (Å²) in [5, 5.41) is 5.19. The second-order valence-electron chi connectivity index (χ2n) is 5.41. The summed E-state index contributed by atoms with van der Waals surface area (Å²) in [7, 11) is 1.73. The highest BCUT2D eigenvalue weighted by Crippen LogP contribution is 2.23. The summed E-state index contributed by atoms with van der Waals surface area (Å²) in [6.45, 7) is 5.78. The van der Waals surface area contributed by atoms with Gasteiger partial charge in [0.2, 0.25) is 0 Å². The van der Waals surface area contributed by atoms with E-state index in [0.29, 0.717) is 12.5 Å². The van der Waals surface area contributed by atoms with Crippen molar-refractivity contribution < 1.29 is 9.53 Å². The molecule has 2 rings (SSSR count). The lowest BCUT2D eigenvalue weighted by atomic mass is 9.96. The molecule has 0 aromatic carbocycles. The molecule has 4 nitrogen and oxygen atoms in total. The van der Waals surface area contributed by atoms with Crippen LogP contribution in [0.5, 0.6) is 0 Å². The topological polar surface area (TPSA) is 41.6 Å². The molecular formula is C15H24N2O2S. The zero-order chi connectivity index (χ0) is 14.5. The number of nitrogens with zero attached hydrogens (tertiary/aromatic N) is 1. The van der Waals surface area contributed by atoms with Gasteiger partial charge < -0.3 is 15.0 Å². The Bertz CT molecular complexity index is 422. The van der Waals surface area contributed by atoms with Gasteiger partial charge in [-0.05, 0) is 30.2 Å². The third kappa shape index (κ3) is 3.52. The standard InChI is InChI=1S/C15H24N2O2S/c1-4-12(14-6-5-9-20-14)16-15(18)17-8-7-11(2)13(10-17)19-3/h5-6,9,11-13H,4,7-8,10H2,1-3H3,(H,16,18)/t11-,12-,13-/m0/s1. The predicted molar refractivity (Wildman–Crippen MR) is 82.0 cm³/mol. The van der Waals surface area contributed by atoms with E-state index in [9.17, 15) is 4.79 Å². The van der Waals surface area contributed by atoms with E-state index in [1.165, 1.54) is 4.88 Å². The van der Waals surface area contributed by atoms with Gasteiger partial charge in [-0.3, -0.25) is 0 Å². The van der Waals surface area contributed by atoms with Crippen molar-refractivity contribution in [2.75, 3.05) is 20.2 Å². The van der Waals surface area contributed by atoms with Crippen molar-refractivity contribution in [3.05, 3.63) is 22.4 Å². The Balaban J connectivity index is 1.94. The lowest BCUT2D eigenvalue weighted by Gasteiger charge is -2.36. The van der Waals surface area contributed by atoms with Gasteiger partial charge in [0.25, 0.3) is 0 Å². The third-order valence-corrected chi connectivity index (χ3v) is 5.06. The van der Waals surface area contributed by atoms with E-state index >= 15 is 0 Å². The number of urea groups is 1. The van der Waals surface area contributed by atoms with E-state index in [1.807, 2.05) is 16.3 Å². The highest BCUT2D eigenvalue weighted by molar-refractivity contribution is 7.10. The van der Waals surface area contributed by atoms with Crippen molar-refractivity contribution >= 4 is 17.4 Å². The van der Waals surface area contributed by atoms with Crippen LogP contribution < -0.4 is 5.32 Å². The van der Waals surface area contributed by atoms with Crippen LogP contribution in [-0.2, 0) is 4.74 Å². The summed E-state index contributed by atoms with van der Waals surface area (Å²) in [4.78, 5) is 15.5. The van der Waals surface area contributed by atoms with Crippen molar-refractivity contribution in [1.29, 1.82) is 0 Å². The van der Waals surface area contributed by atoms with Crippen LogP contribution in [0.15, 0.2) is 17.5 Å². The number of nitrogens with one attached hydrogen (secondary N) is 1. The Morgan fingerprint density at radius 1 is 1.65 bits per heavy atom. The molecule has 1 fully saturated rings. The van der Waals surface area contributed by atoms with Gasteiger partial charge in [0.1, 0.15) is 0 Å². The van der Waals surface area contributed by atoms with E-state index in [4.69, 9.17) is 4.74 Å². The smallest absolute Gasteiger partial charge is 0.317 e.